The van der Waals surface area contributed by atoms with Crippen molar-refractivity contribution in [1.29, 1.82) is 0 Å². The van der Waals surface area contributed by atoms with Crippen LogP contribution in [0.4, 0.5) is 11.4 Å². The largest absolute Gasteiger partial charge is 0.495 e. The fourth-order valence-electron chi connectivity index (χ4n) is 3.14. The molecule has 136 valence electrons. The molecule has 3 rings (SSSR count). The van der Waals surface area contributed by atoms with E-state index >= 15 is 0 Å². The summed E-state index contributed by atoms with van der Waals surface area (Å²) in [6.07, 6.45) is 1.85. The van der Waals surface area contributed by atoms with Gasteiger partial charge in [-0.1, -0.05) is 6.07 Å². The van der Waals surface area contributed by atoms with E-state index in [0.717, 1.165) is 22.5 Å². The number of benzene rings is 1. The number of carbonyl (C=O) groups is 2. The second-order valence-electron chi connectivity index (χ2n) is 6.64. The molecule has 2 aromatic rings. The third-order valence-electron chi connectivity index (χ3n) is 4.83. The summed E-state index contributed by atoms with van der Waals surface area (Å²) in [6, 6.07) is 7.46. The van der Waals surface area contributed by atoms with Crippen LogP contribution in [0.15, 0.2) is 30.5 Å². The van der Waals surface area contributed by atoms with Crippen LogP contribution in [0.25, 0.3) is 0 Å². The molecule has 0 unspecified atom stereocenters. The second kappa shape index (κ2) is 7.15. The van der Waals surface area contributed by atoms with Crippen molar-refractivity contribution in [3.05, 3.63) is 47.3 Å². The molecule has 1 aromatic heterocycles. The number of carbonyl (C=O) groups excluding carboxylic acids is 2. The Kier molecular flexibility index (Phi) is 4.93. The van der Waals surface area contributed by atoms with Crippen molar-refractivity contribution < 1.29 is 14.3 Å². The Balaban J connectivity index is 1.78. The molecule has 0 bridgehead atoms. The van der Waals surface area contributed by atoms with Crippen LogP contribution in [0.1, 0.15) is 23.2 Å². The maximum Gasteiger partial charge on any atom is 0.229 e. The Morgan fingerprint density at radius 3 is 2.77 bits per heavy atom. The van der Waals surface area contributed by atoms with Gasteiger partial charge in [0.05, 0.1) is 18.7 Å². The molecular formula is C20H23N3O3. The first kappa shape index (κ1) is 17.9. The Morgan fingerprint density at radius 2 is 2.04 bits per heavy atom. The summed E-state index contributed by atoms with van der Waals surface area (Å²) in [4.78, 5) is 31.1. The zero-order chi connectivity index (χ0) is 18.8. The van der Waals surface area contributed by atoms with E-state index < -0.39 is 5.92 Å². The predicted molar refractivity (Wildman–Crippen MR) is 101 cm³/mol. The van der Waals surface area contributed by atoms with Gasteiger partial charge >= 0.3 is 0 Å². The Bertz CT molecular complexity index is 863. The van der Waals surface area contributed by atoms with Crippen molar-refractivity contribution in [2.24, 2.45) is 5.92 Å². The molecule has 1 aliphatic rings. The topological polar surface area (TPSA) is 71.5 Å². The summed E-state index contributed by atoms with van der Waals surface area (Å²) in [7, 11) is 1.58. The molecule has 0 spiro atoms. The van der Waals surface area contributed by atoms with Gasteiger partial charge in [-0.2, -0.15) is 0 Å². The Labute approximate surface area is 153 Å². The lowest BCUT2D eigenvalue weighted by molar-refractivity contribution is -0.122. The third-order valence-corrected chi connectivity index (χ3v) is 4.83. The monoisotopic (exact) mass is 353 g/mol. The Morgan fingerprint density at radius 1 is 1.27 bits per heavy atom. The molecule has 2 heterocycles. The maximum atomic E-state index is 12.7. The average Bonchev–Trinajstić information content (AvgIpc) is 3.00. The standard InChI is InChI=1S/C20H23N3O3/c1-12-5-6-18(26-4)17(9-12)23-11-15(10-19(23)24)20(25)22-16-7-8-21-14(3)13(16)2/h5-9,15H,10-11H2,1-4H3,(H,21,22,25)/t15-/m1/s1. The lowest BCUT2D eigenvalue weighted by Crippen LogP contribution is -2.28. The highest BCUT2D eigenvalue weighted by Crippen LogP contribution is 2.34. The lowest BCUT2D eigenvalue weighted by atomic mass is 10.1. The molecule has 2 amide bonds. The molecule has 1 atom stereocenters. The van der Waals surface area contributed by atoms with Crippen LogP contribution in [0.5, 0.6) is 5.75 Å². The van der Waals surface area contributed by atoms with Crippen molar-refractivity contribution in [2.75, 3.05) is 23.9 Å². The van der Waals surface area contributed by atoms with Crippen molar-refractivity contribution in [3.8, 4) is 5.75 Å². The van der Waals surface area contributed by atoms with Crippen molar-refractivity contribution in [1.82, 2.24) is 4.98 Å². The van der Waals surface area contributed by atoms with E-state index in [9.17, 15) is 9.59 Å². The average molecular weight is 353 g/mol. The summed E-state index contributed by atoms with van der Waals surface area (Å²) >= 11 is 0. The molecule has 1 N–H and O–H groups in total. The van der Waals surface area contributed by atoms with E-state index in [4.69, 9.17) is 4.74 Å². The molecule has 1 aromatic carbocycles. The van der Waals surface area contributed by atoms with Crippen molar-refractivity contribution >= 4 is 23.2 Å². The van der Waals surface area contributed by atoms with Crippen molar-refractivity contribution in [2.45, 2.75) is 27.2 Å². The van der Waals surface area contributed by atoms with Gasteiger partial charge in [-0.25, -0.2) is 0 Å². The van der Waals surface area contributed by atoms with Gasteiger partial charge in [0.25, 0.3) is 0 Å². The number of ether oxygens (including phenoxy) is 1. The summed E-state index contributed by atoms with van der Waals surface area (Å²) in [5.74, 6) is 0.00375. The van der Waals surface area contributed by atoms with Crippen LogP contribution < -0.4 is 15.0 Å². The van der Waals surface area contributed by atoms with E-state index in [1.807, 2.05) is 39.0 Å². The van der Waals surface area contributed by atoms with E-state index in [2.05, 4.69) is 10.3 Å². The number of anilines is 2. The van der Waals surface area contributed by atoms with Gasteiger partial charge < -0.3 is 15.0 Å². The van der Waals surface area contributed by atoms with Gasteiger partial charge in [0.2, 0.25) is 11.8 Å². The minimum absolute atomic E-state index is 0.0725. The molecule has 6 heteroatoms. The van der Waals surface area contributed by atoms with Crippen LogP contribution in [0.2, 0.25) is 0 Å². The smallest absolute Gasteiger partial charge is 0.229 e. The predicted octanol–water partition coefficient (Wildman–Crippen LogP) is 3.01. The molecule has 1 fully saturated rings. The fraction of sp³-hybridized carbons (Fsp3) is 0.350. The summed E-state index contributed by atoms with van der Waals surface area (Å²) in [5, 5.41) is 2.94. The van der Waals surface area contributed by atoms with E-state index in [-0.39, 0.29) is 18.2 Å². The minimum atomic E-state index is -0.402. The van der Waals surface area contributed by atoms with Gasteiger partial charge in [-0.3, -0.25) is 14.6 Å². The highest BCUT2D eigenvalue weighted by molar-refractivity contribution is 6.04. The molecule has 1 aliphatic heterocycles. The number of hydrogen-bond donors (Lipinski definition) is 1. The van der Waals surface area contributed by atoms with Crippen LogP contribution in [0.3, 0.4) is 0 Å². The molecule has 0 saturated carbocycles. The number of nitrogens with zero attached hydrogens (tertiary/aromatic N) is 2. The number of methoxy groups -OCH3 is 1. The van der Waals surface area contributed by atoms with Crippen LogP contribution in [-0.4, -0.2) is 30.5 Å². The number of aryl methyl sites for hydroxylation is 2. The van der Waals surface area contributed by atoms with Crippen LogP contribution in [0, 0.1) is 26.7 Å². The first-order chi connectivity index (χ1) is 12.4. The van der Waals surface area contributed by atoms with Crippen molar-refractivity contribution in [3.63, 3.8) is 0 Å². The van der Waals surface area contributed by atoms with E-state index in [0.29, 0.717) is 18.0 Å². The number of amides is 2. The maximum absolute atomic E-state index is 12.7. The summed E-state index contributed by atoms with van der Waals surface area (Å²) in [6.45, 7) is 6.12. The van der Waals surface area contributed by atoms with Gasteiger partial charge in [0, 0.05) is 30.5 Å². The number of pyridine rings is 1. The zero-order valence-electron chi connectivity index (χ0n) is 15.5. The Hall–Kier alpha value is -2.89. The quantitative estimate of drug-likeness (QED) is 0.917. The van der Waals surface area contributed by atoms with Crippen LogP contribution in [-0.2, 0) is 9.59 Å². The van der Waals surface area contributed by atoms with Gasteiger partial charge in [-0.05, 0) is 50.1 Å². The SMILES string of the molecule is COc1ccc(C)cc1N1C[C@H](C(=O)Nc2ccnc(C)c2C)CC1=O. The lowest BCUT2D eigenvalue weighted by Gasteiger charge is -2.20. The first-order valence-corrected chi connectivity index (χ1v) is 8.58. The van der Waals surface area contributed by atoms with Gasteiger partial charge in [0.1, 0.15) is 5.75 Å². The normalized spacial score (nSPS) is 16.7. The molecular weight excluding hydrogens is 330 g/mol. The minimum Gasteiger partial charge on any atom is -0.495 e. The van der Waals surface area contributed by atoms with E-state index in [1.54, 1.807) is 24.3 Å². The van der Waals surface area contributed by atoms with Crippen LogP contribution >= 0.6 is 0 Å². The zero-order valence-corrected chi connectivity index (χ0v) is 15.5. The summed E-state index contributed by atoms with van der Waals surface area (Å²) in [5.41, 5.74) is 4.29. The molecule has 6 nitrogen and oxygen atoms in total. The number of nitrogens with one attached hydrogen (secondary N) is 1. The number of aromatic nitrogens is 1. The molecule has 26 heavy (non-hydrogen) atoms. The van der Waals surface area contributed by atoms with Gasteiger partial charge in [-0.15, -0.1) is 0 Å². The number of rotatable bonds is 4. The fourth-order valence-corrected chi connectivity index (χ4v) is 3.14. The first-order valence-electron chi connectivity index (χ1n) is 8.58. The summed E-state index contributed by atoms with van der Waals surface area (Å²) < 4.78 is 5.38. The highest BCUT2D eigenvalue weighted by Gasteiger charge is 2.36. The number of hydrogen-bond acceptors (Lipinski definition) is 4. The molecule has 1 saturated heterocycles. The van der Waals surface area contributed by atoms with Gasteiger partial charge in [0.15, 0.2) is 0 Å². The third kappa shape index (κ3) is 3.40. The second-order valence-corrected chi connectivity index (χ2v) is 6.64. The highest BCUT2D eigenvalue weighted by atomic mass is 16.5. The molecule has 0 radical (unpaired) electrons. The molecule has 0 aliphatic carbocycles. The van der Waals surface area contributed by atoms with E-state index in [1.165, 1.54) is 0 Å².